The highest BCUT2D eigenvalue weighted by Gasteiger charge is 2.28. The van der Waals surface area contributed by atoms with Gasteiger partial charge in [-0.1, -0.05) is 19.1 Å². The van der Waals surface area contributed by atoms with Crippen LogP contribution in [0.4, 0.5) is 9.52 Å². The van der Waals surface area contributed by atoms with Gasteiger partial charge < -0.3 is 10.1 Å². The highest BCUT2D eigenvalue weighted by atomic mass is 32.1. The van der Waals surface area contributed by atoms with E-state index in [9.17, 15) is 9.18 Å². The first-order chi connectivity index (χ1) is 11.7. The molecule has 1 aliphatic heterocycles. The normalized spacial score (nSPS) is 18.5. The van der Waals surface area contributed by atoms with Crippen LogP contribution in [0.1, 0.15) is 17.4 Å². The maximum Gasteiger partial charge on any atom is 0.245 e. The second-order valence-electron chi connectivity index (χ2n) is 5.65. The van der Waals surface area contributed by atoms with Gasteiger partial charge in [-0.05, 0) is 24.2 Å². The fourth-order valence-electron chi connectivity index (χ4n) is 2.74. The van der Waals surface area contributed by atoms with E-state index in [2.05, 4.69) is 15.2 Å². The number of benzene rings is 1. The zero-order valence-corrected chi connectivity index (χ0v) is 14.3. The minimum absolute atomic E-state index is 0.0943. The average Bonchev–Trinajstić information content (AvgIpc) is 3.01. The Morgan fingerprint density at radius 3 is 3.21 bits per heavy atom. The van der Waals surface area contributed by atoms with E-state index in [0.29, 0.717) is 24.8 Å². The lowest BCUT2D eigenvalue weighted by atomic mass is 10.1. The van der Waals surface area contributed by atoms with E-state index >= 15 is 0 Å². The summed E-state index contributed by atoms with van der Waals surface area (Å²) >= 11 is 1.41. The van der Waals surface area contributed by atoms with Crippen LogP contribution in [0, 0.1) is 5.82 Å². The smallest absolute Gasteiger partial charge is 0.245 e. The minimum atomic E-state index is -0.278. The van der Waals surface area contributed by atoms with Crippen LogP contribution in [-0.4, -0.2) is 48.1 Å². The molecular formula is C17H20FN3O2S. The third-order valence-corrected chi connectivity index (χ3v) is 4.91. The first-order valence-electron chi connectivity index (χ1n) is 7.97. The summed E-state index contributed by atoms with van der Waals surface area (Å²) in [5.41, 5.74) is 0.884. The molecule has 0 spiro atoms. The molecule has 0 aliphatic carbocycles. The van der Waals surface area contributed by atoms with Gasteiger partial charge in [0.15, 0.2) is 5.13 Å². The summed E-state index contributed by atoms with van der Waals surface area (Å²) in [5, 5.41) is 3.43. The third-order valence-electron chi connectivity index (χ3n) is 4.00. The molecule has 1 fully saturated rings. The Kier molecular flexibility index (Phi) is 5.55. The summed E-state index contributed by atoms with van der Waals surface area (Å²) in [4.78, 5) is 19.8. The van der Waals surface area contributed by atoms with Gasteiger partial charge in [-0.2, -0.15) is 0 Å². The highest BCUT2D eigenvalue weighted by Crippen LogP contribution is 2.22. The number of carbonyl (C=O) groups excluding carboxylic acids is 1. The molecule has 2 aromatic rings. The monoisotopic (exact) mass is 349 g/mol. The predicted octanol–water partition coefficient (Wildman–Crippen LogP) is 2.53. The molecule has 128 valence electrons. The van der Waals surface area contributed by atoms with Crippen molar-refractivity contribution in [2.75, 3.05) is 31.6 Å². The number of halogens is 1. The maximum atomic E-state index is 13.2. The van der Waals surface area contributed by atoms with E-state index in [0.717, 1.165) is 23.5 Å². The largest absolute Gasteiger partial charge is 0.378 e. The second-order valence-corrected chi connectivity index (χ2v) is 6.76. The number of hydrogen-bond acceptors (Lipinski definition) is 5. The Balaban J connectivity index is 1.62. The van der Waals surface area contributed by atoms with Crippen LogP contribution in [0.5, 0.6) is 0 Å². The summed E-state index contributed by atoms with van der Waals surface area (Å²) in [6.07, 6.45) is 2.32. The molecule has 1 aliphatic rings. The topological polar surface area (TPSA) is 54.5 Å². The van der Waals surface area contributed by atoms with Crippen molar-refractivity contribution in [2.24, 2.45) is 0 Å². The number of rotatable bonds is 5. The number of ether oxygens (including phenoxy) is 1. The lowest BCUT2D eigenvalue weighted by Gasteiger charge is -2.33. The standard InChI is InChI=1S/C17H20FN3O2S/c1-2-21-6-7-23-11-15(21)16(22)20-17-19-10-14(24-17)9-12-4-3-5-13(18)8-12/h3-5,8,10,15H,2,6-7,9,11H2,1H3,(H,19,20,22)/t15-/m1/s1. The van der Waals surface area contributed by atoms with Crippen molar-refractivity contribution in [3.63, 3.8) is 0 Å². The van der Waals surface area contributed by atoms with Crippen molar-refractivity contribution in [1.82, 2.24) is 9.88 Å². The van der Waals surface area contributed by atoms with Crippen molar-refractivity contribution in [3.05, 3.63) is 46.7 Å². The van der Waals surface area contributed by atoms with E-state index in [1.54, 1.807) is 12.3 Å². The highest BCUT2D eigenvalue weighted by molar-refractivity contribution is 7.15. The van der Waals surface area contributed by atoms with E-state index in [4.69, 9.17) is 4.74 Å². The first-order valence-corrected chi connectivity index (χ1v) is 8.79. The van der Waals surface area contributed by atoms with Crippen molar-refractivity contribution >= 4 is 22.4 Å². The molecule has 1 amide bonds. The number of hydrogen-bond donors (Lipinski definition) is 1. The number of thiazole rings is 1. The van der Waals surface area contributed by atoms with Gasteiger partial charge in [0.25, 0.3) is 0 Å². The van der Waals surface area contributed by atoms with Gasteiger partial charge in [0, 0.05) is 24.0 Å². The van der Waals surface area contributed by atoms with Gasteiger partial charge >= 0.3 is 0 Å². The SMILES string of the molecule is CCN1CCOC[C@@H]1C(=O)Nc1ncc(Cc2cccc(F)c2)s1. The Bertz CT molecular complexity index is 707. The number of carbonyl (C=O) groups is 1. The number of anilines is 1. The van der Waals surface area contributed by atoms with Gasteiger partial charge in [-0.15, -0.1) is 11.3 Å². The van der Waals surface area contributed by atoms with Crippen molar-refractivity contribution < 1.29 is 13.9 Å². The Morgan fingerprint density at radius 2 is 2.42 bits per heavy atom. The Hall–Kier alpha value is -1.83. The molecule has 2 heterocycles. The van der Waals surface area contributed by atoms with Crippen molar-refractivity contribution in [1.29, 1.82) is 0 Å². The summed E-state index contributed by atoms with van der Waals surface area (Å²) in [6, 6.07) is 6.22. The maximum absolute atomic E-state index is 13.2. The van der Waals surface area contributed by atoms with Gasteiger partial charge in [-0.25, -0.2) is 9.37 Å². The van der Waals surface area contributed by atoms with Gasteiger partial charge in [0.2, 0.25) is 5.91 Å². The molecule has 1 aromatic carbocycles. The summed E-state index contributed by atoms with van der Waals surface area (Å²) in [7, 11) is 0. The van der Waals surface area contributed by atoms with Crippen LogP contribution in [0.15, 0.2) is 30.5 Å². The summed E-state index contributed by atoms with van der Waals surface area (Å²) in [5.74, 6) is -0.342. The molecule has 1 saturated heterocycles. The number of nitrogens with one attached hydrogen (secondary N) is 1. The number of likely N-dealkylation sites (N-methyl/N-ethyl adjacent to an activating group) is 1. The zero-order valence-electron chi connectivity index (χ0n) is 13.5. The van der Waals surface area contributed by atoms with Gasteiger partial charge in [-0.3, -0.25) is 9.69 Å². The zero-order chi connectivity index (χ0) is 16.9. The Morgan fingerprint density at radius 1 is 1.54 bits per heavy atom. The molecule has 1 aromatic heterocycles. The molecule has 1 atom stereocenters. The molecule has 3 rings (SSSR count). The molecule has 0 unspecified atom stereocenters. The lowest BCUT2D eigenvalue weighted by Crippen LogP contribution is -2.51. The van der Waals surface area contributed by atoms with E-state index in [1.807, 2.05) is 13.0 Å². The van der Waals surface area contributed by atoms with Crippen molar-refractivity contribution in [3.8, 4) is 0 Å². The van der Waals surface area contributed by atoms with Crippen LogP contribution < -0.4 is 5.32 Å². The predicted molar refractivity (Wildman–Crippen MR) is 91.8 cm³/mol. The fourth-order valence-corrected chi connectivity index (χ4v) is 3.59. The molecule has 0 radical (unpaired) electrons. The molecule has 5 nitrogen and oxygen atoms in total. The molecule has 7 heteroatoms. The number of aromatic nitrogens is 1. The molecule has 24 heavy (non-hydrogen) atoms. The number of nitrogens with zero attached hydrogens (tertiary/aromatic N) is 2. The molecule has 1 N–H and O–H groups in total. The molecule has 0 saturated carbocycles. The first kappa shape index (κ1) is 17.0. The summed E-state index contributed by atoms with van der Waals surface area (Å²) in [6.45, 7) is 4.67. The minimum Gasteiger partial charge on any atom is -0.378 e. The molecule has 0 bridgehead atoms. The van der Waals surface area contributed by atoms with Gasteiger partial charge in [0.1, 0.15) is 11.9 Å². The Labute approximate surface area is 144 Å². The van der Waals surface area contributed by atoms with Crippen LogP contribution in [-0.2, 0) is 16.0 Å². The van der Waals surface area contributed by atoms with Crippen molar-refractivity contribution in [2.45, 2.75) is 19.4 Å². The van der Waals surface area contributed by atoms with Crippen LogP contribution in [0.25, 0.3) is 0 Å². The lowest BCUT2D eigenvalue weighted by molar-refractivity contribution is -0.127. The average molecular weight is 349 g/mol. The van der Waals surface area contributed by atoms with E-state index in [1.165, 1.54) is 23.5 Å². The number of morpholine rings is 1. The third kappa shape index (κ3) is 4.17. The van der Waals surface area contributed by atoms with Crippen LogP contribution >= 0.6 is 11.3 Å². The van der Waals surface area contributed by atoms with Crippen LogP contribution in [0.3, 0.4) is 0 Å². The van der Waals surface area contributed by atoms with Gasteiger partial charge in [0.05, 0.1) is 13.2 Å². The van der Waals surface area contributed by atoms with Crippen LogP contribution in [0.2, 0.25) is 0 Å². The fraction of sp³-hybridized carbons (Fsp3) is 0.412. The van der Waals surface area contributed by atoms with E-state index < -0.39 is 0 Å². The number of amides is 1. The quantitative estimate of drug-likeness (QED) is 0.901. The second kappa shape index (κ2) is 7.83. The van der Waals surface area contributed by atoms with E-state index in [-0.39, 0.29) is 17.8 Å². The molecular weight excluding hydrogens is 329 g/mol. The summed E-state index contributed by atoms with van der Waals surface area (Å²) < 4.78 is 18.7.